The number of fused-ring (bicyclic) bond motifs is 5. The highest BCUT2D eigenvalue weighted by atomic mass is 16.3. The molecule has 0 fully saturated rings. The average molecular weight is 773 g/mol. The molecule has 0 unspecified atom stereocenters. The molecular formula is C44H36O13. The molecule has 0 aliphatic heterocycles. The molecule has 1 heterocycles. The van der Waals surface area contributed by atoms with E-state index < -0.39 is 81.7 Å². The molecule has 6 aromatic carbocycles. The molecule has 7 aromatic rings. The Morgan fingerprint density at radius 3 is 1.51 bits per heavy atom. The van der Waals surface area contributed by atoms with Crippen LogP contribution in [0.1, 0.15) is 25.0 Å². The molecule has 0 bridgehead atoms. The highest BCUT2D eigenvalue weighted by Crippen LogP contribution is 2.57. The summed E-state index contributed by atoms with van der Waals surface area (Å²) in [5.41, 5.74) is 0.161. The minimum absolute atomic E-state index is 0.148. The third-order valence-electron chi connectivity index (χ3n) is 9.95. The Morgan fingerprint density at radius 2 is 1.02 bits per heavy atom. The molecule has 57 heavy (non-hydrogen) atoms. The van der Waals surface area contributed by atoms with Crippen LogP contribution in [0, 0.1) is 0 Å². The van der Waals surface area contributed by atoms with E-state index in [0.29, 0.717) is 54.6 Å². The summed E-state index contributed by atoms with van der Waals surface area (Å²) < 4.78 is 6.30. The Labute approximate surface area is 322 Å². The lowest BCUT2D eigenvalue weighted by molar-refractivity contribution is 0.232. The molecule has 12 N–H and O–H groups in total. The van der Waals surface area contributed by atoms with E-state index in [9.17, 15) is 61.3 Å². The number of aliphatic hydroxyl groups excluding tert-OH is 8. The van der Waals surface area contributed by atoms with Gasteiger partial charge in [0.15, 0.2) is 46.0 Å². The fourth-order valence-electron chi connectivity index (χ4n) is 7.43. The first-order chi connectivity index (χ1) is 27.2. The van der Waals surface area contributed by atoms with Gasteiger partial charge in [0.05, 0.1) is 23.3 Å². The van der Waals surface area contributed by atoms with E-state index in [0.717, 1.165) is 6.92 Å². The Kier molecular flexibility index (Phi) is 9.49. The van der Waals surface area contributed by atoms with Crippen LogP contribution in [0.25, 0.3) is 76.9 Å². The Bertz CT molecular complexity index is 2850. The summed E-state index contributed by atoms with van der Waals surface area (Å²) in [4.78, 5) is 0. The van der Waals surface area contributed by atoms with Gasteiger partial charge < -0.3 is 65.7 Å². The molecule has 13 heteroatoms. The van der Waals surface area contributed by atoms with Crippen molar-refractivity contribution in [3.63, 3.8) is 0 Å². The molecule has 0 saturated heterocycles. The highest BCUT2D eigenvalue weighted by Gasteiger charge is 2.32. The van der Waals surface area contributed by atoms with Gasteiger partial charge in [-0.25, -0.2) is 0 Å². The largest absolute Gasteiger partial charge is 0.512 e. The van der Waals surface area contributed by atoms with Crippen molar-refractivity contribution in [2.75, 3.05) is 13.2 Å². The summed E-state index contributed by atoms with van der Waals surface area (Å²) in [7, 11) is 0. The molecule has 0 aliphatic rings. The predicted octanol–water partition coefficient (Wildman–Crippen LogP) is 9.27. The van der Waals surface area contributed by atoms with Crippen LogP contribution in [0.4, 0.5) is 0 Å². The predicted molar refractivity (Wildman–Crippen MR) is 215 cm³/mol. The monoisotopic (exact) mass is 772 g/mol. The second kappa shape index (κ2) is 14.3. The molecule has 0 amide bonds. The van der Waals surface area contributed by atoms with Crippen LogP contribution in [0.5, 0.6) is 23.0 Å². The average Bonchev–Trinajstić information content (AvgIpc) is 3.59. The van der Waals surface area contributed by atoms with E-state index in [1.54, 1.807) is 72.8 Å². The molecule has 0 aliphatic carbocycles. The summed E-state index contributed by atoms with van der Waals surface area (Å²) in [6.07, 6.45) is 0. The van der Waals surface area contributed by atoms with Crippen molar-refractivity contribution >= 4 is 54.6 Å². The number of rotatable bonds is 8. The number of hydrogen-bond acceptors (Lipinski definition) is 13. The van der Waals surface area contributed by atoms with E-state index in [4.69, 9.17) is 4.42 Å². The van der Waals surface area contributed by atoms with Crippen molar-refractivity contribution < 1.29 is 65.7 Å². The minimum Gasteiger partial charge on any atom is -0.512 e. The molecule has 0 atom stereocenters. The zero-order valence-electron chi connectivity index (χ0n) is 30.3. The van der Waals surface area contributed by atoms with Crippen LogP contribution >= 0.6 is 0 Å². The van der Waals surface area contributed by atoms with Gasteiger partial charge in [-0.15, -0.1) is 0 Å². The third kappa shape index (κ3) is 5.89. The van der Waals surface area contributed by atoms with Crippen molar-refractivity contribution in [3.8, 4) is 45.3 Å². The molecule has 290 valence electrons. The number of benzene rings is 6. The number of aliphatic hydroxyl groups is 8. The topological polar surface area (TPSA) is 256 Å². The molecular weight excluding hydrogens is 736 g/mol. The zero-order valence-corrected chi connectivity index (χ0v) is 30.3. The van der Waals surface area contributed by atoms with Gasteiger partial charge in [-0.1, -0.05) is 66.7 Å². The summed E-state index contributed by atoms with van der Waals surface area (Å²) in [6, 6.07) is 24.3. The lowest BCUT2D eigenvalue weighted by Gasteiger charge is -2.22. The van der Waals surface area contributed by atoms with Crippen molar-refractivity contribution in [3.05, 3.63) is 131 Å². The second-order valence-corrected chi connectivity index (χ2v) is 13.3. The zero-order chi connectivity index (χ0) is 41.0. The summed E-state index contributed by atoms with van der Waals surface area (Å²) >= 11 is 0. The van der Waals surface area contributed by atoms with Crippen LogP contribution in [0.3, 0.4) is 0 Å². The van der Waals surface area contributed by atoms with Gasteiger partial charge >= 0.3 is 0 Å². The Balaban J connectivity index is 1.65. The lowest BCUT2D eigenvalue weighted by atomic mass is 9.83. The summed E-state index contributed by atoms with van der Waals surface area (Å²) in [6.45, 7) is 0.298. The first-order valence-corrected chi connectivity index (χ1v) is 17.4. The van der Waals surface area contributed by atoms with Crippen LogP contribution in [0.15, 0.2) is 124 Å². The fourth-order valence-corrected chi connectivity index (χ4v) is 7.43. The molecule has 7 rings (SSSR count). The molecule has 0 spiro atoms. The summed E-state index contributed by atoms with van der Waals surface area (Å²) in [5.74, 6) is -8.99. The first kappa shape index (κ1) is 37.8. The number of para-hydroxylation sites is 1. The molecule has 13 nitrogen and oxygen atoms in total. The van der Waals surface area contributed by atoms with Gasteiger partial charge in [0.2, 0.25) is 0 Å². The smallest absolute Gasteiger partial charge is 0.195 e. The fraction of sp³-hybridized carbons (Fsp3) is 0.0909. The van der Waals surface area contributed by atoms with Crippen LogP contribution in [0.2, 0.25) is 0 Å². The van der Waals surface area contributed by atoms with Gasteiger partial charge in [-0.2, -0.15) is 0 Å². The minimum atomic E-state index is -1.14. The Morgan fingerprint density at radius 1 is 0.509 bits per heavy atom. The lowest BCUT2D eigenvalue weighted by Crippen LogP contribution is -2.03. The number of hydrogen-bond donors (Lipinski definition) is 12. The number of allylic oxidation sites excluding steroid dienone is 3. The maximum atomic E-state index is 11.7. The standard InChI is InChI=1S/C44H36O13/c1-19(47)32(40(52)29(49)18-46)21-15-27(34-26-13-7-8-14-30(26)57-31(34)16-21)33-22-9-3-5-11-24(22)35(25-12-6-4-10-23(25)33)37-43(55)41(53)36(42(54)44(37)56)28(17-45)39(51)38(50)20(2)48/h3-16,45-56H,17-18H2,1-2H3/b32-19+,38-20-,39-28-,40-29-. The van der Waals surface area contributed by atoms with E-state index in [-0.39, 0.29) is 22.5 Å². The molecule has 0 saturated carbocycles. The number of phenols is 4. The van der Waals surface area contributed by atoms with Gasteiger partial charge in [-0.05, 0) is 70.3 Å². The second-order valence-electron chi connectivity index (χ2n) is 13.3. The maximum Gasteiger partial charge on any atom is 0.195 e. The van der Waals surface area contributed by atoms with Crippen molar-refractivity contribution in [1.82, 2.24) is 0 Å². The van der Waals surface area contributed by atoms with Gasteiger partial charge in [-0.3, -0.25) is 0 Å². The van der Waals surface area contributed by atoms with Crippen molar-refractivity contribution in [2.24, 2.45) is 0 Å². The van der Waals surface area contributed by atoms with E-state index in [2.05, 4.69) is 0 Å². The Hall–Kier alpha value is -7.48. The first-order valence-electron chi connectivity index (χ1n) is 17.4. The SMILES string of the molecule is C/C(O)=C(O)\C(O)=C(/CO)c1c(O)c(O)c(-c2c3ccccc3c(-c3cc(C(/C(O)=C(/O)CO)=C(/C)O)cc4oc5ccccc5c34)c3ccccc23)c(O)c1O. The van der Waals surface area contributed by atoms with E-state index in [1.165, 1.54) is 6.92 Å². The number of aromatic hydroxyl groups is 4. The van der Waals surface area contributed by atoms with Crippen LogP contribution < -0.4 is 0 Å². The van der Waals surface area contributed by atoms with Crippen molar-refractivity contribution in [1.29, 1.82) is 0 Å². The number of furan rings is 1. The summed E-state index contributed by atoms with van der Waals surface area (Å²) in [5, 5.41) is 132. The van der Waals surface area contributed by atoms with Gasteiger partial charge in [0.25, 0.3) is 0 Å². The molecule has 1 aromatic heterocycles. The van der Waals surface area contributed by atoms with Crippen molar-refractivity contribution in [2.45, 2.75) is 13.8 Å². The van der Waals surface area contributed by atoms with Crippen LogP contribution in [-0.2, 0) is 0 Å². The number of phenolic OH excluding ortho intramolecular Hbond substituents is 4. The van der Waals surface area contributed by atoms with E-state index >= 15 is 0 Å². The van der Waals surface area contributed by atoms with E-state index in [1.807, 2.05) is 12.1 Å². The maximum absolute atomic E-state index is 11.7. The normalized spacial score (nSPS) is 13.8. The quantitative estimate of drug-likeness (QED) is 0.0226. The van der Waals surface area contributed by atoms with Crippen LogP contribution in [-0.4, -0.2) is 74.5 Å². The van der Waals surface area contributed by atoms with Gasteiger partial charge in [0, 0.05) is 21.9 Å². The molecule has 0 radical (unpaired) electrons. The highest BCUT2D eigenvalue weighted by molar-refractivity contribution is 6.26. The van der Waals surface area contributed by atoms with Gasteiger partial charge in [0.1, 0.15) is 29.3 Å². The third-order valence-corrected chi connectivity index (χ3v) is 9.95.